The standard InChI is InChI=1S/C12H20N4O/c1-9-14-10-5-2-3-6-11(10)16(9)8-4-7-12(13)15-17/h17H,2-8H2,1H3,(H2,13,15). The second-order valence-corrected chi connectivity index (χ2v) is 4.61. The molecule has 1 heterocycles. The highest BCUT2D eigenvalue weighted by Crippen LogP contribution is 2.22. The molecule has 5 heteroatoms. The second-order valence-electron chi connectivity index (χ2n) is 4.61. The van der Waals surface area contributed by atoms with E-state index in [9.17, 15) is 0 Å². The first kappa shape index (κ1) is 12.0. The Morgan fingerprint density at radius 1 is 1.47 bits per heavy atom. The molecule has 0 radical (unpaired) electrons. The largest absolute Gasteiger partial charge is 0.409 e. The van der Waals surface area contributed by atoms with Gasteiger partial charge in [-0.3, -0.25) is 0 Å². The Morgan fingerprint density at radius 2 is 2.24 bits per heavy atom. The Bertz CT molecular complexity index is 422. The molecular formula is C12H20N4O. The molecule has 0 bridgehead atoms. The quantitative estimate of drug-likeness (QED) is 0.361. The Labute approximate surface area is 101 Å². The van der Waals surface area contributed by atoms with Crippen molar-refractivity contribution in [3.8, 4) is 0 Å². The number of hydrogen-bond donors (Lipinski definition) is 2. The van der Waals surface area contributed by atoms with Gasteiger partial charge in [0.2, 0.25) is 0 Å². The van der Waals surface area contributed by atoms with E-state index in [1.54, 1.807) is 0 Å². The van der Waals surface area contributed by atoms with Crippen LogP contribution in [0.25, 0.3) is 0 Å². The first-order valence-electron chi connectivity index (χ1n) is 6.23. The lowest BCUT2D eigenvalue weighted by atomic mass is 10.0. The number of nitrogens with zero attached hydrogens (tertiary/aromatic N) is 3. The predicted octanol–water partition coefficient (Wildman–Crippen LogP) is 1.60. The number of imidazole rings is 1. The molecule has 94 valence electrons. The first-order valence-corrected chi connectivity index (χ1v) is 6.23. The summed E-state index contributed by atoms with van der Waals surface area (Å²) in [5.41, 5.74) is 8.14. The van der Waals surface area contributed by atoms with Gasteiger partial charge in [0.05, 0.1) is 5.69 Å². The van der Waals surface area contributed by atoms with Gasteiger partial charge < -0.3 is 15.5 Å². The summed E-state index contributed by atoms with van der Waals surface area (Å²) in [7, 11) is 0. The van der Waals surface area contributed by atoms with Gasteiger partial charge in [-0.15, -0.1) is 0 Å². The molecule has 0 unspecified atom stereocenters. The first-order chi connectivity index (χ1) is 8.22. The number of nitrogens with two attached hydrogens (primary N) is 1. The van der Waals surface area contributed by atoms with Crippen molar-refractivity contribution in [1.29, 1.82) is 0 Å². The summed E-state index contributed by atoms with van der Waals surface area (Å²) in [6, 6.07) is 0. The van der Waals surface area contributed by atoms with E-state index in [1.165, 1.54) is 24.2 Å². The van der Waals surface area contributed by atoms with Gasteiger partial charge in [-0.2, -0.15) is 0 Å². The van der Waals surface area contributed by atoms with Crippen molar-refractivity contribution < 1.29 is 5.21 Å². The highest BCUT2D eigenvalue weighted by molar-refractivity contribution is 5.79. The average molecular weight is 236 g/mol. The number of amidine groups is 1. The van der Waals surface area contributed by atoms with Crippen LogP contribution in [0, 0.1) is 6.92 Å². The molecule has 2 rings (SSSR count). The zero-order valence-corrected chi connectivity index (χ0v) is 10.3. The molecule has 0 saturated carbocycles. The molecule has 0 spiro atoms. The Hall–Kier alpha value is -1.52. The summed E-state index contributed by atoms with van der Waals surface area (Å²) >= 11 is 0. The van der Waals surface area contributed by atoms with Crippen molar-refractivity contribution in [2.24, 2.45) is 10.9 Å². The third kappa shape index (κ3) is 2.60. The third-order valence-corrected chi connectivity index (χ3v) is 3.37. The lowest BCUT2D eigenvalue weighted by Gasteiger charge is -2.14. The van der Waals surface area contributed by atoms with E-state index in [1.807, 2.05) is 0 Å². The maximum Gasteiger partial charge on any atom is 0.139 e. The molecule has 0 fully saturated rings. The minimum atomic E-state index is 0.302. The summed E-state index contributed by atoms with van der Waals surface area (Å²) in [6.07, 6.45) is 6.29. The Balaban J connectivity index is 2.03. The molecular weight excluding hydrogens is 216 g/mol. The topological polar surface area (TPSA) is 76.4 Å². The van der Waals surface area contributed by atoms with Gasteiger partial charge in [0.25, 0.3) is 0 Å². The molecule has 0 aromatic carbocycles. The summed E-state index contributed by atoms with van der Waals surface area (Å²) in [5, 5.41) is 11.5. The van der Waals surface area contributed by atoms with Crippen LogP contribution in [0.15, 0.2) is 5.16 Å². The Kier molecular flexibility index (Phi) is 3.66. The van der Waals surface area contributed by atoms with E-state index in [-0.39, 0.29) is 0 Å². The van der Waals surface area contributed by atoms with E-state index >= 15 is 0 Å². The van der Waals surface area contributed by atoms with Crippen molar-refractivity contribution in [1.82, 2.24) is 9.55 Å². The number of fused-ring (bicyclic) bond motifs is 1. The van der Waals surface area contributed by atoms with Crippen LogP contribution >= 0.6 is 0 Å². The molecule has 0 aliphatic heterocycles. The SMILES string of the molecule is Cc1nc2c(n1CCCC(N)=NO)CCCC2. The van der Waals surface area contributed by atoms with Crippen LogP contribution in [-0.2, 0) is 19.4 Å². The van der Waals surface area contributed by atoms with Gasteiger partial charge in [0.15, 0.2) is 0 Å². The third-order valence-electron chi connectivity index (χ3n) is 3.37. The van der Waals surface area contributed by atoms with Gasteiger partial charge in [0, 0.05) is 18.7 Å². The van der Waals surface area contributed by atoms with Gasteiger partial charge in [0.1, 0.15) is 11.7 Å². The monoisotopic (exact) mass is 236 g/mol. The maximum absolute atomic E-state index is 8.48. The highest BCUT2D eigenvalue weighted by atomic mass is 16.4. The van der Waals surface area contributed by atoms with Gasteiger partial charge >= 0.3 is 0 Å². The predicted molar refractivity (Wildman–Crippen MR) is 66.2 cm³/mol. The maximum atomic E-state index is 8.48. The van der Waals surface area contributed by atoms with Crippen LogP contribution in [0.4, 0.5) is 0 Å². The zero-order valence-electron chi connectivity index (χ0n) is 10.3. The van der Waals surface area contributed by atoms with Gasteiger partial charge in [-0.25, -0.2) is 4.98 Å². The fourth-order valence-corrected chi connectivity index (χ4v) is 2.50. The van der Waals surface area contributed by atoms with E-state index in [0.29, 0.717) is 12.3 Å². The highest BCUT2D eigenvalue weighted by Gasteiger charge is 2.17. The van der Waals surface area contributed by atoms with Gasteiger partial charge in [-0.1, -0.05) is 5.16 Å². The average Bonchev–Trinajstić information content (AvgIpc) is 2.66. The van der Waals surface area contributed by atoms with Gasteiger partial charge in [-0.05, 0) is 39.0 Å². The summed E-state index contributed by atoms with van der Waals surface area (Å²) in [6.45, 7) is 2.96. The van der Waals surface area contributed by atoms with E-state index < -0.39 is 0 Å². The molecule has 0 saturated heterocycles. The van der Waals surface area contributed by atoms with Crippen LogP contribution in [0.3, 0.4) is 0 Å². The number of hydrogen-bond acceptors (Lipinski definition) is 3. The van der Waals surface area contributed by atoms with Crippen molar-refractivity contribution in [2.75, 3.05) is 0 Å². The van der Waals surface area contributed by atoms with Crippen molar-refractivity contribution >= 4 is 5.84 Å². The van der Waals surface area contributed by atoms with E-state index in [4.69, 9.17) is 10.9 Å². The number of rotatable bonds is 4. The van der Waals surface area contributed by atoms with E-state index in [2.05, 4.69) is 21.6 Å². The second kappa shape index (κ2) is 5.21. The minimum Gasteiger partial charge on any atom is -0.409 e. The van der Waals surface area contributed by atoms with Crippen molar-refractivity contribution in [2.45, 2.75) is 52.0 Å². The molecule has 17 heavy (non-hydrogen) atoms. The summed E-state index contributed by atoms with van der Waals surface area (Å²) in [5.74, 6) is 1.40. The smallest absolute Gasteiger partial charge is 0.139 e. The molecule has 5 nitrogen and oxygen atoms in total. The lowest BCUT2D eigenvalue weighted by molar-refractivity contribution is 0.316. The fourth-order valence-electron chi connectivity index (χ4n) is 2.50. The van der Waals surface area contributed by atoms with E-state index in [0.717, 1.165) is 31.6 Å². The summed E-state index contributed by atoms with van der Waals surface area (Å²) < 4.78 is 2.29. The molecule has 1 aliphatic rings. The molecule has 1 aromatic rings. The molecule has 0 amide bonds. The van der Waals surface area contributed by atoms with Crippen LogP contribution in [0.1, 0.15) is 42.9 Å². The molecule has 3 N–H and O–H groups in total. The zero-order chi connectivity index (χ0) is 12.3. The minimum absolute atomic E-state index is 0.302. The normalized spacial score (nSPS) is 15.9. The van der Waals surface area contributed by atoms with Crippen molar-refractivity contribution in [3.63, 3.8) is 0 Å². The Morgan fingerprint density at radius 3 is 3.00 bits per heavy atom. The van der Waals surface area contributed by atoms with Crippen LogP contribution in [0.5, 0.6) is 0 Å². The van der Waals surface area contributed by atoms with Crippen LogP contribution in [0.2, 0.25) is 0 Å². The molecule has 1 aliphatic carbocycles. The van der Waals surface area contributed by atoms with Crippen molar-refractivity contribution in [3.05, 3.63) is 17.2 Å². The number of aromatic nitrogens is 2. The van der Waals surface area contributed by atoms with Crippen LogP contribution < -0.4 is 5.73 Å². The fraction of sp³-hybridized carbons (Fsp3) is 0.667. The number of aryl methyl sites for hydroxylation is 2. The van der Waals surface area contributed by atoms with Crippen LogP contribution in [-0.4, -0.2) is 20.6 Å². The molecule has 0 atom stereocenters. The summed E-state index contributed by atoms with van der Waals surface area (Å²) in [4.78, 5) is 4.62. The number of oxime groups is 1. The molecule has 1 aromatic heterocycles. The lowest BCUT2D eigenvalue weighted by Crippen LogP contribution is -2.14.